The number of nitrogens with two attached hydrogens (primary N) is 1. The molecule has 0 saturated carbocycles. The Hall–Kier alpha value is -3.04. The van der Waals surface area contributed by atoms with Crippen LogP contribution in [0.2, 0.25) is 0 Å². The van der Waals surface area contributed by atoms with Crippen LogP contribution in [0.25, 0.3) is 0 Å². The van der Waals surface area contributed by atoms with Gasteiger partial charge in [-0.05, 0) is 6.42 Å². The number of amides is 3. The SMILES string of the molecule is N[C@@H](CCC(=O)N[C@@H](CSCC(=O)Nc1ccc(O[As](=O)(O)O)cc1)C(=O)NCC(=O)O)C(=O)O. The predicted molar refractivity (Wildman–Crippen MR) is 121 cm³/mol. The number of carboxylic acid groups (broad SMARTS) is 2. The van der Waals surface area contributed by atoms with Crippen LogP contribution in [0.4, 0.5) is 5.69 Å². The Kier molecular flexibility index (Phi) is 12.3. The molecule has 0 aliphatic heterocycles. The Labute approximate surface area is 206 Å². The Morgan fingerprint density at radius 1 is 1.06 bits per heavy atom. The van der Waals surface area contributed by atoms with Gasteiger partial charge in [0.25, 0.3) is 0 Å². The number of hydrogen-bond acceptors (Lipinski definition) is 9. The molecule has 0 heterocycles. The summed E-state index contributed by atoms with van der Waals surface area (Å²) in [5, 5.41) is 24.5. The minimum atomic E-state index is -5.32. The number of aliphatic carboxylic acids is 2. The van der Waals surface area contributed by atoms with Gasteiger partial charge >= 0.3 is 134 Å². The van der Waals surface area contributed by atoms with Gasteiger partial charge in [-0.2, -0.15) is 0 Å². The van der Waals surface area contributed by atoms with Crippen molar-refractivity contribution in [3.05, 3.63) is 24.3 Å². The molecule has 1 aromatic carbocycles. The fraction of sp³-hybridized carbons (Fsp3) is 0.389. The van der Waals surface area contributed by atoms with E-state index in [2.05, 4.69) is 19.7 Å². The number of benzene rings is 1. The van der Waals surface area contributed by atoms with E-state index in [0.717, 1.165) is 11.8 Å². The van der Waals surface area contributed by atoms with Crippen LogP contribution in [-0.2, 0) is 27.7 Å². The molecular weight excluding hydrogens is 555 g/mol. The summed E-state index contributed by atoms with van der Waals surface area (Å²) >= 11 is -4.37. The third-order valence-corrected chi connectivity index (χ3v) is 5.92. The summed E-state index contributed by atoms with van der Waals surface area (Å²) in [5.74, 6) is -4.93. The molecule has 0 bridgehead atoms. The van der Waals surface area contributed by atoms with Gasteiger partial charge in [0.05, 0.1) is 0 Å². The van der Waals surface area contributed by atoms with Crippen molar-refractivity contribution < 1.29 is 49.8 Å². The molecule has 0 spiro atoms. The van der Waals surface area contributed by atoms with Crippen molar-refractivity contribution in [1.29, 1.82) is 0 Å². The molecule has 3 amide bonds. The van der Waals surface area contributed by atoms with Gasteiger partial charge in [-0.15, -0.1) is 0 Å². The first-order chi connectivity index (χ1) is 16.3. The van der Waals surface area contributed by atoms with Gasteiger partial charge < -0.3 is 21.3 Å². The second kappa shape index (κ2) is 14.4. The first-order valence-corrected chi connectivity index (χ1v) is 14.1. The first kappa shape index (κ1) is 30.0. The van der Waals surface area contributed by atoms with Crippen LogP contribution < -0.4 is 25.4 Å². The topological polar surface area (TPSA) is 255 Å². The summed E-state index contributed by atoms with van der Waals surface area (Å²) in [6, 6.07) is 2.74. The smallest absolute Gasteiger partial charge is 0.480 e. The summed E-state index contributed by atoms with van der Waals surface area (Å²) in [4.78, 5) is 57.9. The average Bonchev–Trinajstić information content (AvgIpc) is 2.75. The molecule has 17 heteroatoms. The van der Waals surface area contributed by atoms with Crippen molar-refractivity contribution in [2.75, 3.05) is 23.4 Å². The standard InChI is InChI=1S/C18H25AsN4O11S/c20-12(18(29)30)5-6-14(24)23-13(17(28)21-7-16(26)27)8-35-9-15(25)22-10-1-3-11(4-2-10)34-19(31,32)33/h1-4,12-13H,5-9,20H2,(H,21,28)(H,22,25)(H,23,24)(H,26,27)(H,29,30)(H2,31,32,33)/t12-,13-/m0/s1. The van der Waals surface area contributed by atoms with E-state index >= 15 is 0 Å². The number of anilines is 1. The second-order valence-corrected chi connectivity index (χ2v) is 10.4. The first-order valence-electron chi connectivity index (χ1n) is 9.77. The van der Waals surface area contributed by atoms with E-state index in [1.54, 1.807) is 0 Å². The summed E-state index contributed by atoms with van der Waals surface area (Å²) < 4.78 is 33.0. The molecule has 0 aromatic heterocycles. The average molecular weight is 580 g/mol. The molecule has 0 saturated heterocycles. The number of nitrogens with one attached hydrogen (secondary N) is 3. The molecule has 15 nitrogen and oxygen atoms in total. The third kappa shape index (κ3) is 13.4. The molecular formula is C18H25AsN4O11S. The molecule has 0 aliphatic rings. The Bertz CT molecular complexity index is 970. The molecule has 35 heavy (non-hydrogen) atoms. The zero-order valence-corrected chi connectivity index (χ0v) is 20.8. The molecule has 9 N–H and O–H groups in total. The van der Waals surface area contributed by atoms with Crippen molar-refractivity contribution in [1.82, 2.24) is 10.6 Å². The number of carbonyl (C=O) groups excluding carboxylic acids is 3. The maximum absolute atomic E-state index is 12.2. The Balaban J connectivity index is 2.61. The van der Waals surface area contributed by atoms with Crippen molar-refractivity contribution >= 4 is 61.6 Å². The van der Waals surface area contributed by atoms with Crippen LogP contribution in [-0.4, -0.2) is 92.7 Å². The van der Waals surface area contributed by atoms with E-state index in [9.17, 15) is 27.7 Å². The number of thioether (sulfide) groups is 1. The van der Waals surface area contributed by atoms with E-state index in [1.807, 2.05) is 0 Å². The minimum Gasteiger partial charge on any atom is -0.480 e. The molecule has 2 atom stereocenters. The zero-order valence-electron chi connectivity index (χ0n) is 18.1. The van der Waals surface area contributed by atoms with E-state index < -0.39 is 62.8 Å². The van der Waals surface area contributed by atoms with Crippen LogP contribution >= 0.6 is 11.8 Å². The van der Waals surface area contributed by atoms with Crippen molar-refractivity contribution in [2.45, 2.75) is 24.9 Å². The molecule has 0 fully saturated rings. The van der Waals surface area contributed by atoms with Gasteiger partial charge in [-0.25, -0.2) is 0 Å². The van der Waals surface area contributed by atoms with E-state index in [1.165, 1.54) is 24.3 Å². The summed E-state index contributed by atoms with van der Waals surface area (Å²) in [7, 11) is 0. The van der Waals surface area contributed by atoms with Gasteiger partial charge in [-0.3, -0.25) is 19.2 Å². The van der Waals surface area contributed by atoms with Gasteiger partial charge in [-0.1, -0.05) is 0 Å². The Morgan fingerprint density at radius 3 is 2.23 bits per heavy atom. The summed E-state index contributed by atoms with van der Waals surface area (Å²) in [6.45, 7) is -0.691. The molecule has 0 radical (unpaired) electrons. The molecule has 1 rings (SSSR count). The normalized spacial score (nSPS) is 12.7. The van der Waals surface area contributed by atoms with Crippen LogP contribution in [0.1, 0.15) is 12.8 Å². The quantitative estimate of drug-likeness (QED) is 0.0997. The van der Waals surface area contributed by atoms with Gasteiger partial charge in [0.2, 0.25) is 5.91 Å². The van der Waals surface area contributed by atoms with Crippen molar-refractivity contribution in [2.24, 2.45) is 5.73 Å². The summed E-state index contributed by atoms with van der Waals surface area (Å²) in [5.41, 5.74) is 5.64. The molecule has 194 valence electrons. The van der Waals surface area contributed by atoms with Crippen LogP contribution in [0.5, 0.6) is 5.75 Å². The number of rotatable bonds is 15. The number of carbonyl (C=O) groups is 5. The van der Waals surface area contributed by atoms with E-state index in [4.69, 9.17) is 24.1 Å². The van der Waals surface area contributed by atoms with Crippen molar-refractivity contribution in [3.8, 4) is 5.75 Å². The fourth-order valence-corrected chi connectivity index (χ4v) is 4.03. The van der Waals surface area contributed by atoms with E-state index in [0.29, 0.717) is 5.69 Å². The van der Waals surface area contributed by atoms with Gasteiger partial charge in [0, 0.05) is 6.42 Å². The minimum absolute atomic E-state index is 0.0832. The Morgan fingerprint density at radius 2 is 1.69 bits per heavy atom. The van der Waals surface area contributed by atoms with Crippen LogP contribution in [0.3, 0.4) is 0 Å². The van der Waals surface area contributed by atoms with Crippen molar-refractivity contribution in [3.63, 3.8) is 0 Å². The second-order valence-electron chi connectivity index (χ2n) is 6.88. The monoisotopic (exact) mass is 580 g/mol. The van der Waals surface area contributed by atoms with Crippen LogP contribution in [0, 0.1) is 0 Å². The number of hydrogen-bond donors (Lipinski definition) is 8. The summed E-state index contributed by atoms with van der Waals surface area (Å²) in [6.07, 6.45) is -0.469. The molecule has 0 aliphatic carbocycles. The van der Waals surface area contributed by atoms with Gasteiger partial charge in [0.15, 0.2) is 0 Å². The third-order valence-electron chi connectivity index (χ3n) is 3.95. The van der Waals surface area contributed by atoms with Gasteiger partial charge in [0.1, 0.15) is 12.6 Å². The fourth-order valence-electron chi connectivity index (χ4n) is 2.35. The predicted octanol–water partition coefficient (Wildman–Crippen LogP) is -2.53. The molecule has 1 aromatic rings. The molecule has 0 unspecified atom stereocenters. The number of carboxylic acids is 2. The van der Waals surface area contributed by atoms with Crippen LogP contribution in [0.15, 0.2) is 24.3 Å². The van der Waals surface area contributed by atoms with E-state index in [-0.39, 0.29) is 30.1 Å². The maximum atomic E-state index is 12.2. The zero-order chi connectivity index (χ0) is 26.6.